The number of benzene rings is 1. The molecule has 10 heteroatoms. The predicted octanol–water partition coefficient (Wildman–Crippen LogP) is 0.605. The minimum atomic E-state index is -3.99. The van der Waals surface area contributed by atoms with E-state index in [1.54, 1.807) is 11.3 Å². The van der Waals surface area contributed by atoms with Gasteiger partial charge in [0, 0.05) is 33.3 Å². The Bertz CT molecular complexity index is 1140. The van der Waals surface area contributed by atoms with Gasteiger partial charge >= 0.3 is 5.69 Å². The maximum absolute atomic E-state index is 12.4. The molecule has 0 unspecified atom stereocenters. The lowest BCUT2D eigenvalue weighted by Crippen LogP contribution is -2.41. The summed E-state index contributed by atoms with van der Waals surface area (Å²) < 4.78 is 30.1. The van der Waals surface area contributed by atoms with Gasteiger partial charge < -0.3 is 4.57 Å². The zero-order valence-corrected chi connectivity index (χ0v) is 15.9. The summed E-state index contributed by atoms with van der Waals surface area (Å²) >= 11 is 1.58. The lowest BCUT2D eigenvalue weighted by Gasteiger charge is -2.08. The number of aromatic nitrogens is 3. The molecule has 0 amide bonds. The molecule has 3 aromatic rings. The Morgan fingerprint density at radius 1 is 1.19 bits per heavy atom. The third-order valence-electron chi connectivity index (χ3n) is 3.90. The first-order valence-electron chi connectivity index (χ1n) is 7.90. The normalized spacial score (nSPS) is 11.9. The molecule has 1 aromatic carbocycles. The molecule has 0 aliphatic heterocycles. The Hall–Kier alpha value is -2.30. The van der Waals surface area contributed by atoms with Crippen molar-refractivity contribution in [3.8, 4) is 0 Å². The van der Waals surface area contributed by atoms with Gasteiger partial charge in [0.1, 0.15) is 0 Å². The Labute approximate surface area is 153 Å². The van der Waals surface area contributed by atoms with Crippen molar-refractivity contribution in [1.29, 1.82) is 0 Å². The summed E-state index contributed by atoms with van der Waals surface area (Å²) in [5, 5.41) is 0.934. The smallest absolute Gasteiger partial charge is 0.302 e. The number of para-hydroxylation sites is 1. The summed E-state index contributed by atoms with van der Waals surface area (Å²) in [6, 6.07) is 7.81. The van der Waals surface area contributed by atoms with Crippen LogP contribution < -0.4 is 16.0 Å². The van der Waals surface area contributed by atoms with E-state index in [1.807, 2.05) is 24.3 Å². The molecule has 138 valence electrons. The third kappa shape index (κ3) is 3.62. The SMILES string of the molecule is Cn1cc(S(=O)(=O)NCCCc2nc3ccccc3s2)c(=O)n(C)c1=O. The van der Waals surface area contributed by atoms with Crippen LogP contribution in [-0.4, -0.2) is 29.1 Å². The molecule has 0 bridgehead atoms. The number of sulfonamides is 1. The first-order chi connectivity index (χ1) is 12.3. The van der Waals surface area contributed by atoms with Crippen molar-refractivity contribution in [3.05, 3.63) is 56.3 Å². The van der Waals surface area contributed by atoms with Crippen LogP contribution in [0.3, 0.4) is 0 Å². The Kier molecular flexibility index (Phi) is 5.08. The average molecular weight is 394 g/mol. The second kappa shape index (κ2) is 7.14. The summed E-state index contributed by atoms with van der Waals surface area (Å²) in [7, 11) is -1.35. The zero-order chi connectivity index (χ0) is 18.9. The fraction of sp³-hybridized carbons (Fsp3) is 0.312. The van der Waals surface area contributed by atoms with E-state index in [0.29, 0.717) is 12.8 Å². The van der Waals surface area contributed by atoms with Crippen molar-refractivity contribution in [2.45, 2.75) is 17.7 Å². The highest BCUT2D eigenvalue weighted by Crippen LogP contribution is 2.22. The molecule has 0 spiro atoms. The number of hydrogen-bond donors (Lipinski definition) is 1. The summed E-state index contributed by atoms with van der Waals surface area (Å²) in [6.45, 7) is 0.171. The van der Waals surface area contributed by atoms with Gasteiger partial charge in [-0.3, -0.25) is 9.36 Å². The fourth-order valence-corrected chi connectivity index (χ4v) is 4.75. The highest BCUT2D eigenvalue weighted by atomic mass is 32.2. The summed E-state index contributed by atoms with van der Waals surface area (Å²) in [6.07, 6.45) is 2.22. The Balaban J connectivity index is 1.67. The van der Waals surface area contributed by atoms with E-state index >= 15 is 0 Å². The van der Waals surface area contributed by atoms with Crippen molar-refractivity contribution in [2.24, 2.45) is 14.1 Å². The van der Waals surface area contributed by atoms with Crippen molar-refractivity contribution < 1.29 is 8.42 Å². The Morgan fingerprint density at radius 2 is 1.92 bits per heavy atom. The maximum Gasteiger partial charge on any atom is 0.330 e. The van der Waals surface area contributed by atoms with E-state index in [0.717, 1.165) is 30.6 Å². The minimum Gasteiger partial charge on any atom is -0.302 e. The molecular weight excluding hydrogens is 376 g/mol. The first kappa shape index (κ1) is 18.5. The second-order valence-corrected chi connectivity index (χ2v) is 8.68. The standard InChI is InChI=1S/C16H18N4O4S2/c1-19-10-13(15(21)20(2)16(19)22)26(23,24)17-9-5-8-14-18-11-6-3-4-7-12(11)25-14/h3-4,6-7,10,17H,5,8-9H2,1-2H3. The van der Waals surface area contributed by atoms with Crippen molar-refractivity contribution in [3.63, 3.8) is 0 Å². The van der Waals surface area contributed by atoms with Crippen LogP contribution in [0.2, 0.25) is 0 Å². The highest BCUT2D eigenvalue weighted by molar-refractivity contribution is 7.89. The van der Waals surface area contributed by atoms with E-state index in [1.165, 1.54) is 14.1 Å². The second-order valence-electron chi connectivity index (χ2n) is 5.83. The van der Waals surface area contributed by atoms with Gasteiger partial charge in [0.2, 0.25) is 10.0 Å². The molecule has 0 saturated heterocycles. The molecule has 1 N–H and O–H groups in total. The van der Waals surface area contributed by atoms with E-state index in [2.05, 4.69) is 9.71 Å². The fourth-order valence-electron chi connectivity index (χ4n) is 2.51. The van der Waals surface area contributed by atoms with Gasteiger partial charge in [-0.25, -0.2) is 22.9 Å². The van der Waals surface area contributed by atoms with Crippen LogP contribution in [0.1, 0.15) is 11.4 Å². The lowest BCUT2D eigenvalue weighted by atomic mass is 10.3. The quantitative estimate of drug-likeness (QED) is 0.617. The number of rotatable bonds is 6. The number of hydrogen-bond acceptors (Lipinski definition) is 6. The Morgan fingerprint density at radius 3 is 2.65 bits per heavy atom. The van der Waals surface area contributed by atoms with Crippen LogP contribution in [0.5, 0.6) is 0 Å². The van der Waals surface area contributed by atoms with Gasteiger partial charge in [-0.15, -0.1) is 11.3 Å². The summed E-state index contributed by atoms with van der Waals surface area (Å²) in [5.41, 5.74) is -0.488. The van der Waals surface area contributed by atoms with Crippen molar-refractivity contribution in [1.82, 2.24) is 18.8 Å². The van der Waals surface area contributed by atoms with Crippen LogP contribution >= 0.6 is 11.3 Å². The van der Waals surface area contributed by atoms with Gasteiger partial charge in [-0.1, -0.05) is 12.1 Å². The molecule has 0 saturated carbocycles. The van der Waals surface area contributed by atoms with Crippen LogP contribution in [0.15, 0.2) is 44.9 Å². The zero-order valence-electron chi connectivity index (χ0n) is 14.3. The van der Waals surface area contributed by atoms with Crippen LogP contribution in [0.25, 0.3) is 10.2 Å². The monoisotopic (exact) mass is 394 g/mol. The topological polar surface area (TPSA) is 103 Å². The number of aryl methyl sites for hydroxylation is 2. The minimum absolute atomic E-state index is 0.171. The predicted molar refractivity (Wildman–Crippen MR) is 100 cm³/mol. The van der Waals surface area contributed by atoms with E-state index < -0.39 is 26.2 Å². The average Bonchev–Trinajstić information content (AvgIpc) is 3.02. The lowest BCUT2D eigenvalue weighted by molar-refractivity contribution is 0.568. The van der Waals surface area contributed by atoms with Crippen molar-refractivity contribution >= 4 is 31.6 Å². The van der Waals surface area contributed by atoms with Gasteiger partial charge in [0.15, 0.2) is 4.90 Å². The van der Waals surface area contributed by atoms with Gasteiger partial charge in [0.25, 0.3) is 5.56 Å². The van der Waals surface area contributed by atoms with Crippen LogP contribution in [0, 0.1) is 0 Å². The molecule has 8 nitrogen and oxygen atoms in total. The molecule has 2 heterocycles. The molecule has 0 fully saturated rings. The molecular formula is C16H18N4O4S2. The van der Waals surface area contributed by atoms with Gasteiger partial charge in [-0.2, -0.15) is 0 Å². The maximum atomic E-state index is 12.4. The number of nitrogens with one attached hydrogen (secondary N) is 1. The largest absolute Gasteiger partial charge is 0.330 e. The molecule has 26 heavy (non-hydrogen) atoms. The van der Waals surface area contributed by atoms with Gasteiger partial charge in [-0.05, 0) is 18.6 Å². The molecule has 0 radical (unpaired) electrons. The molecule has 3 rings (SSSR count). The van der Waals surface area contributed by atoms with Crippen LogP contribution in [-0.2, 0) is 30.5 Å². The van der Waals surface area contributed by atoms with E-state index in [4.69, 9.17) is 0 Å². The molecule has 0 aliphatic rings. The van der Waals surface area contributed by atoms with E-state index in [-0.39, 0.29) is 6.54 Å². The third-order valence-corrected chi connectivity index (χ3v) is 6.44. The molecule has 2 aromatic heterocycles. The molecule has 0 atom stereocenters. The molecule has 0 aliphatic carbocycles. The number of fused-ring (bicyclic) bond motifs is 1. The number of nitrogens with zero attached hydrogens (tertiary/aromatic N) is 3. The summed E-state index contributed by atoms with van der Waals surface area (Å²) in [5.74, 6) is 0. The number of thiazole rings is 1. The highest BCUT2D eigenvalue weighted by Gasteiger charge is 2.20. The van der Waals surface area contributed by atoms with E-state index in [9.17, 15) is 18.0 Å². The van der Waals surface area contributed by atoms with Crippen molar-refractivity contribution in [2.75, 3.05) is 6.54 Å². The van der Waals surface area contributed by atoms with Crippen LogP contribution in [0.4, 0.5) is 0 Å². The van der Waals surface area contributed by atoms with Gasteiger partial charge in [0.05, 0.1) is 15.2 Å². The first-order valence-corrected chi connectivity index (χ1v) is 10.2. The summed E-state index contributed by atoms with van der Waals surface area (Å²) in [4.78, 5) is 27.8.